The SMILES string of the molecule is CC1(C)OC(=O)C([C@H](c2cccc(Br)c2)c2c[nH]c3ccccc23)C(=O)O1. The van der Waals surface area contributed by atoms with Crippen LogP contribution in [0.4, 0.5) is 0 Å². The number of nitrogens with one attached hydrogen (secondary N) is 1. The van der Waals surface area contributed by atoms with Crippen molar-refractivity contribution < 1.29 is 19.1 Å². The fourth-order valence-corrected chi connectivity index (χ4v) is 4.02. The summed E-state index contributed by atoms with van der Waals surface area (Å²) in [5, 5.41) is 0.952. The van der Waals surface area contributed by atoms with E-state index in [0.29, 0.717) is 0 Å². The normalized spacial score (nSPS) is 18.2. The molecule has 2 heterocycles. The van der Waals surface area contributed by atoms with E-state index in [-0.39, 0.29) is 0 Å². The van der Waals surface area contributed by atoms with Gasteiger partial charge in [0.05, 0.1) is 0 Å². The Hall–Kier alpha value is -2.60. The molecule has 0 radical (unpaired) electrons. The first-order valence-electron chi connectivity index (χ1n) is 8.63. The molecule has 1 aromatic heterocycles. The molecule has 2 aromatic carbocycles. The number of hydrogen-bond donors (Lipinski definition) is 1. The van der Waals surface area contributed by atoms with Crippen molar-refractivity contribution in [3.8, 4) is 0 Å². The van der Waals surface area contributed by atoms with Crippen LogP contribution in [0.3, 0.4) is 0 Å². The lowest BCUT2D eigenvalue weighted by Gasteiger charge is -2.36. The number of ether oxygens (including phenoxy) is 2. The Labute approximate surface area is 164 Å². The predicted molar refractivity (Wildman–Crippen MR) is 104 cm³/mol. The Morgan fingerprint density at radius 1 is 1.04 bits per heavy atom. The number of carbonyl (C=O) groups excluding carboxylic acids is 2. The second-order valence-corrected chi connectivity index (χ2v) is 7.96. The average Bonchev–Trinajstić information content (AvgIpc) is 3.01. The zero-order valence-corrected chi connectivity index (χ0v) is 16.4. The fourth-order valence-electron chi connectivity index (χ4n) is 3.60. The van der Waals surface area contributed by atoms with Crippen molar-refractivity contribution in [1.29, 1.82) is 0 Å². The second kappa shape index (κ2) is 6.53. The Morgan fingerprint density at radius 3 is 2.44 bits per heavy atom. The van der Waals surface area contributed by atoms with Crippen LogP contribution in [-0.4, -0.2) is 22.7 Å². The highest BCUT2D eigenvalue weighted by atomic mass is 79.9. The number of fused-ring (bicyclic) bond motifs is 1. The molecule has 27 heavy (non-hydrogen) atoms. The van der Waals surface area contributed by atoms with Gasteiger partial charge in [-0.25, -0.2) is 0 Å². The average molecular weight is 428 g/mol. The van der Waals surface area contributed by atoms with Gasteiger partial charge in [0.1, 0.15) is 0 Å². The van der Waals surface area contributed by atoms with Crippen LogP contribution in [0.5, 0.6) is 0 Å². The molecular formula is C21H18BrNO4. The standard InChI is InChI=1S/C21H18BrNO4/c1-21(2)26-19(24)18(20(25)27-21)17(12-6-5-7-13(22)10-12)15-11-23-16-9-4-3-8-14(15)16/h3-11,17-18,23H,1-2H3/t17-/m1/s1. The molecule has 1 fully saturated rings. The van der Waals surface area contributed by atoms with Crippen molar-refractivity contribution in [1.82, 2.24) is 4.98 Å². The lowest BCUT2D eigenvalue weighted by Crippen LogP contribution is -2.48. The molecule has 138 valence electrons. The summed E-state index contributed by atoms with van der Waals surface area (Å²) < 4.78 is 11.7. The van der Waals surface area contributed by atoms with Gasteiger partial charge in [-0.1, -0.05) is 46.3 Å². The Morgan fingerprint density at radius 2 is 1.74 bits per heavy atom. The molecule has 0 bridgehead atoms. The molecule has 1 aliphatic rings. The quantitative estimate of drug-likeness (QED) is 0.492. The first-order chi connectivity index (χ1) is 12.9. The van der Waals surface area contributed by atoms with Crippen LogP contribution in [0.15, 0.2) is 59.2 Å². The number of cyclic esters (lactones) is 2. The van der Waals surface area contributed by atoms with E-state index in [9.17, 15) is 9.59 Å². The zero-order valence-electron chi connectivity index (χ0n) is 14.9. The summed E-state index contributed by atoms with van der Waals surface area (Å²) in [6.07, 6.45) is 1.84. The van der Waals surface area contributed by atoms with Gasteiger partial charge in [0.2, 0.25) is 0 Å². The molecular weight excluding hydrogens is 410 g/mol. The summed E-state index contributed by atoms with van der Waals surface area (Å²) in [6.45, 7) is 3.11. The van der Waals surface area contributed by atoms with E-state index in [0.717, 1.165) is 26.5 Å². The monoisotopic (exact) mass is 427 g/mol. The van der Waals surface area contributed by atoms with E-state index in [4.69, 9.17) is 9.47 Å². The van der Waals surface area contributed by atoms with Crippen LogP contribution in [0.25, 0.3) is 10.9 Å². The third-order valence-electron chi connectivity index (χ3n) is 4.70. The molecule has 0 amide bonds. The van der Waals surface area contributed by atoms with E-state index in [1.807, 2.05) is 54.7 Å². The van der Waals surface area contributed by atoms with Crippen molar-refractivity contribution in [3.63, 3.8) is 0 Å². The van der Waals surface area contributed by atoms with Crippen molar-refractivity contribution in [2.24, 2.45) is 5.92 Å². The predicted octanol–water partition coefficient (Wildman–Crippen LogP) is 4.51. The maximum Gasteiger partial charge on any atom is 0.324 e. The summed E-state index contributed by atoms with van der Waals surface area (Å²) >= 11 is 3.48. The van der Waals surface area contributed by atoms with Crippen molar-refractivity contribution in [3.05, 3.63) is 70.3 Å². The van der Waals surface area contributed by atoms with E-state index in [2.05, 4.69) is 20.9 Å². The van der Waals surface area contributed by atoms with Crippen LogP contribution >= 0.6 is 15.9 Å². The van der Waals surface area contributed by atoms with E-state index in [1.165, 1.54) is 0 Å². The molecule has 4 rings (SSSR count). The largest absolute Gasteiger partial charge is 0.422 e. The van der Waals surface area contributed by atoms with Gasteiger partial charge in [-0.3, -0.25) is 9.59 Å². The first kappa shape index (κ1) is 17.8. The molecule has 1 saturated heterocycles. The maximum absolute atomic E-state index is 12.8. The van der Waals surface area contributed by atoms with Gasteiger partial charge in [0.15, 0.2) is 5.92 Å². The highest BCUT2D eigenvalue weighted by molar-refractivity contribution is 9.10. The van der Waals surface area contributed by atoms with Gasteiger partial charge in [-0.05, 0) is 29.3 Å². The van der Waals surface area contributed by atoms with E-state index >= 15 is 0 Å². The van der Waals surface area contributed by atoms with Gasteiger partial charge < -0.3 is 14.5 Å². The van der Waals surface area contributed by atoms with E-state index < -0.39 is 29.6 Å². The van der Waals surface area contributed by atoms with Gasteiger partial charge in [0, 0.05) is 41.3 Å². The van der Waals surface area contributed by atoms with Crippen LogP contribution < -0.4 is 0 Å². The molecule has 1 N–H and O–H groups in total. The van der Waals surface area contributed by atoms with Gasteiger partial charge in [0.25, 0.3) is 5.79 Å². The number of hydrogen-bond acceptors (Lipinski definition) is 4. The summed E-state index contributed by atoms with van der Waals surface area (Å²) in [5.74, 6) is -4.02. The third kappa shape index (κ3) is 3.25. The number of aromatic nitrogens is 1. The molecule has 1 atom stereocenters. The van der Waals surface area contributed by atoms with Gasteiger partial charge in [-0.15, -0.1) is 0 Å². The second-order valence-electron chi connectivity index (χ2n) is 7.04. The molecule has 0 unspecified atom stereocenters. The summed E-state index contributed by atoms with van der Waals surface area (Å²) in [5.41, 5.74) is 2.61. The number of halogens is 1. The highest BCUT2D eigenvalue weighted by Gasteiger charge is 2.48. The third-order valence-corrected chi connectivity index (χ3v) is 5.19. The molecule has 5 nitrogen and oxygen atoms in total. The number of carbonyl (C=O) groups is 2. The minimum Gasteiger partial charge on any atom is -0.422 e. The number of aromatic amines is 1. The molecule has 0 saturated carbocycles. The van der Waals surface area contributed by atoms with Crippen LogP contribution in [0.1, 0.15) is 30.9 Å². The molecule has 0 spiro atoms. The zero-order chi connectivity index (χ0) is 19.2. The molecule has 1 aliphatic heterocycles. The highest BCUT2D eigenvalue weighted by Crippen LogP contribution is 2.41. The summed E-state index contributed by atoms with van der Waals surface area (Å²) in [4.78, 5) is 28.8. The molecule has 6 heteroatoms. The fraction of sp³-hybridized carbons (Fsp3) is 0.238. The van der Waals surface area contributed by atoms with Gasteiger partial charge in [-0.2, -0.15) is 0 Å². The lowest BCUT2D eigenvalue weighted by atomic mass is 9.80. The van der Waals surface area contributed by atoms with Crippen LogP contribution in [0, 0.1) is 5.92 Å². The lowest BCUT2D eigenvalue weighted by molar-refractivity contribution is -0.240. The van der Waals surface area contributed by atoms with Crippen molar-refractivity contribution >= 4 is 38.8 Å². The molecule has 0 aliphatic carbocycles. The van der Waals surface area contributed by atoms with Crippen LogP contribution in [-0.2, 0) is 19.1 Å². The summed E-state index contributed by atoms with van der Waals surface area (Å²) in [7, 11) is 0. The Kier molecular flexibility index (Phi) is 4.30. The summed E-state index contributed by atoms with van der Waals surface area (Å²) in [6, 6.07) is 15.4. The number of esters is 2. The van der Waals surface area contributed by atoms with Gasteiger partial charge >= 0.3 is 11.9 Å². The number of benzene rings is 2. The Bertz CT molecular complexity index is 1020. The number of rotatable bonds is 3. The van der Waals surface area contributed by atoms with Crippen molar-refractivity contribution in [2.45, 2.75) is 25.6 Å². The van der Waals surface area contributed by atoms with Crippen LogP contribution in [0.2, 0.25) is 0 Å². The maximum atomic E-state index is 12.8. The number of para-hydroxylation sites is 1. The molecule has 3 aromatic rings. The minimum atomic E-state index is -1.26. The first-order valence-corrected chi connectivity index (χ1v) is 9.42. The minimum absolute atomic E-state index is 0.533. The smallest absolute Gasteiger partial charge is 0.324 e. The number of H-pyrrole nitrogens is 1. The van der Waals surface area contributed by atoms with Crippen molar-refractivity contribution in [2.75, 3.05) is 0 Å². The topological polar surface area (TPSA) is 68.4 Å². The van der Waals surface area contributed by atoms with E-state index in [1.54, 1.807) is 13.8 Å². The Balaban J connectivity index is 1.89.